The number of hydrogen-bond acceptors (Lipinski definition) is 6. The molecular formula is C13H18N6. The van der Waals surface area contributed by atoms with Crippen molar-refractivity contribution in [3.8, 4) is 0 Å². The van der Waals surface area contributed by atoms with Gasteiger partial charge in [-0.3, -0.25) is 4.98 Å². The minimum absolute atomic E-state index is 0.578. The van der Waals surface area contributed by atoms with Gasteiger partial charge in [0.15, 0.2) is 0 Å². The second-order valence-electron chi connectivity index (χ2n) is 4.04. The van der Waals surface area contributed by atoms with Crippen molar-refractivity contribution in [3.63, 3.8) is 0 Å². The molecule has 0 bridgehead atoms. The lowest BCUT2D eigenvalue weighted by Crippen LogP contribution is -2.14. The maximum absolute atomic E-state index is 5.43. The van der Waals surface area contributed by atoms with E-state index < -0.39 is 0 Å². The molecule has 2 rings (SSSR count). The van der Waals surface area contributed by atoms with Crippen molar-refractivity contribution in [2.24, 2.45) is 5.73 Å². The first-order valence-corrected chi connectivity index (χ1v) is 6.27. The lowest BCUT2D eigenvalue weighted by atomic mass is 10.2. The van der Waals surface area contributed by atoms with Crippen LogP contribution >= 0.6 is 0 Å². The summed E-state index contributed by atoms with van der Waals surface area (Å²) in [5.74, 6) is 1.59. The zero-order valence-corrected chi connectivity index (χ0v) is 10.7. The summed E-state index contributed by atoms with van der Waals surface area (Å²) in [5.41, 5.74) is 6.68. The Morgan fingerprint density at radius 3 is 2.37 bits per heavy atom. The van der Waals surface area contributed by atoms with Crippen molar-refractivity contribution >= 4 is 11.6 Å². The number of nitrogens with one attached hydrogen (secondary N) is 2. The summed E-state index contributed by atoms with van der Waals surface area (Å²) in [6.45, 7) is 2.10. The van der Waals surface area contributed by atoms with Crippen LogP contribution in [0.3, 0.4) is 0 Å². The summed E-state index contributed by atoms with van der Waals surface area (Å²) in [6, 6.07) is 5.90. The van der Waals surface area contributed by atoms with Gasteiger partial charge in [0.05, 0.1) is 0 Å². The van der Waals surface area contributed by atoms with Crippen molar-refractivity contribution in [1.82, 2.24) is 15.0 Å². The summed E-state index contributed by atoms with van der Waals surface area (Å²) >= 11 is 0. The predicted octanol–water partition coefficient (Wildman–Crippen LogP) is 0.897. The summed E-state index contributed by atoms with van der Waals surface area (Å²) < 4.78 is 0. The molecule has 0 radical (unpaired) electrons. The van der Waals surface area contributed by atoms with E-state index in [1.165, 1.54) is 11.9 Å². The van der Waals surface area contributed by atoms with Crippen LogP contribution in [0, 0.1) is 0 Å². The van der Waals surface area contributed by atoms with E-state index in [1.807, 2.05) is 18.2 Å². The van der Waals surface area contributed by atoms with Gasteiger partial charge in [-0.1, -0.05) is 0 Å². The Morgan fingerprint density at radius 2 is 1.68 bits per heavy atom. The molecule has 0 aliphatic heterocycles. The van der Waals surface area contributed by atoms with Gasteiger partial charge >= 0.3 is 0 Å². The van der Waals surface area contributed by atoms with Gasteiger partial charge < -0.3 is 16.4 Å². The number of aromatic nitrogens is 3. The van der Waals surface area contributed by atoms with Crippen LogP contribution in [-0.2, 0) is 6.42 Å². The van der Waals surface area contributed by atoms with Crippen molar-refractivity contribution in [3.05, 3.63) is 42.5 Å². The summed E-state index contributed by atoms with van der Waals surface area (Å²) in [4.78, 5) is 12.3. The zero-order chi connectivity index (χ0) is 13.3. The molecule has 2 aromatic heterocycles. The third-order valence-electron chi connectivity index (χ3n) is 2.59. The van der Waals surface area contributed by atoms with E-state index in [9.17, 15) is 0 Å². The van der Waals surface area contributed by atoms with Crippen LogP contribution in [0.1, 0.15) is 5.56 Å². The van der Waals surface area contributed by atoms with Gasteiger partial charge in [0.2, 0.25) is 0 Å². The van der Waals surface area contributed by atoms with Crippen LogP contribution in [0.5, 0.6) is 0 Å². The average Bonchev–Trinajstić information content (AvgIpc) is 2.47. The second-order valence-corrected chi connectivity index (χ2v) is 4.04. The number of nitrogens with zero attached hydrogens (tertiary/aromatic N) is 3. The minimum Gasteiger partial charge on any atom is -0.370 e. The van der Waals surface area contributed by atoms with E-state index in [4.69, 9.17) is 5.73 Å². The molecule has 2 heterocycles. The third kappa shape index (κ3) is 4.51. The Morgan fingerprint density at radius 1 is 1.00 bits per heavy atom. The van der Waals surface area contributed by atoms with Crippen LogP contribution in [-0.4, -0.2) is 34.6 Å². The maximum atomic E-state index is 5.43. The SMILES string of the molecule is NCCNc1cc(NCCc2ccncc2)ncn1. The zero-order valence-electron chi connectivity index (χ0n) is 10.7. The van der Waals surface area contributed by atoms with Gasteiger partial charge in [0.25, 0.3) is 0 Å². The highest BCUT2D eigenvalue weighted by atomic mass is 15.1. The fraction of sp³-hybridized carbons (Fsp3) is 0.308. The lowest BCUT2D eigenvalue weighted by Gasteiger charge is -2.08. The van der Waals surface area contributed by atoms with Crippen LogP contribution in [0.15, 0.2) is 36.9 Å². The first kappa shape index (κ1) is 13.2. The lowest BCUT2D eigenvalue weighted by molar-refractivity contribution is 0.983. The molecule has 0 saturated heterocycles. The van der Waals surface area contributed by atoms with Gasteiger partial charge in [0.1, 0.15) is 18.0 Å². The molecule has 4 N–H and O–H groups in total. The van der Waals surface area contributed by atoms with Gasteiger partial charge in [-0.15, -0.1) is 0 Å². The second kappa shape index (κ2) is 7.27. The van der Waals surface area contributed by atoms with Crippen molar-refractivity contribution < 1.29 is 0 Å². The van der Waals surface area contributed by atoms with Crippen LogP contribution in [0.2, 0.25) is 0 Å². The summed E-state index contributed by atoms with van der Waals surface area (Å²) in [5, 5.41) is 6.39. The largest absolute Gasteiger partial charge is 0.370 e. The highest BCUT2D eigenvalue weighted by molar-refractivity contribution is 5.46. The smallest absolute Gasteiger partial charge is 0.131 e. The molecule has 19 heavy (non-hydrogen) atoms. The topological polar surface area (TPSA) is 88.8 Å². The Labute approximate surface area is 112 Å². The predicted molar refractivity (Wildman–Crippen MR) is 76.0 cm³/mol. The molecule has 0 atom stereocenters. The summed E-state index contributed by atoms with van der Waals surface area (Å²) in [6.07, 6.45) is 6.06. The van der Waals surface area contributed by atoms with Crippen molar-refractivity contribution in [1.29, 1.82) is 0 Å². The quantitative estimate of drug-likeness (QED) is 0.683. The van der Waals surface area contributed by atoms with E-state index in [0.29, 0.717) is 13.1 Å². The molecule has 0 aliphatic rings. The number of nitrogens with two attached hydrogens (primary N) is 1. The van der Waals surface area contributed by atoms with E-state index in [-0.39, 0.29) is 0 Å². The molecule has 0 fully saturated rings. The van der Waals surface area contributed by atoms with E-state index in [0.717, 1.165) is 24.6 Å². The molecule has 6 heteroatoms. The highest BCUT2D eigenvalue weighted by Gasteiger charge is 1.98. The Hall–Kier alpha value is -2.21. The normalized spacial score (nSPS) is 10.2. The standard InChI is InChI=1S/C13H18N6/c14-4-8-17-13-9-12(18-10-19-13)16-7-3-11-1-5-15-6-2-11/h1-2,5-6,9-10H,3-4,7-8,14H2,(H2,16,17,18,19). The Kier molecular flexibility index (Phi) is 5.06. The Balaban J connectivity index is 1.82. The number of pyridine rings is 1. The van der Waals surface area contributed by atoms with E-state index in [1.54, 1.807) is 12.4 Å². The molecular weight excluding hydrogens is 240 g/mol. The van der Waals surface area contributed by atoms with Crippen molar-refractivity contribution in [2.45, 2.75) is 6.42 Å². The maximum Gasteiger partial charge on any atom is 0.131 e. The highest BCUT2D eigenvalue weighted by Crippen LogP contribution is 2.08. The molecule has 0 aromatic carbocycles. The molecule has 0 amide bonds. The number of anilines is 2. The number of hydrogen-bond donors (Lipinski definition) is 3. The Bertz CT molecular complexity index is 488. The first-order valence-electron chi connectivity index (χ1n) is 6.27. The minimum atomic E-state index is 0.578. The number of rotatable bonds is 7. The van der Waals surface area contributed by atoms with Crippen LogP contribution < -0.4 is 16.4 Å². The molecule has 0 spiro atoms. The summed E-state index contributed by atoms with van der Waals surface area (Å²) in [7, 11) is 0. The van der Waals surface area contributed by atoms with Gasteiger partial charge in [0, 0.05) is 38.1 Å². The fourth-order valence-corrected chi connectivity index (χ4v) is 1.64. The fourth-order valence-electron chi connectivity index (χ4n) is 1.64. The van der Waals surface area contributed by atoms with Crippen molar-refractivity contribution in [2.75, 3.05) is 30.3 Å². The van der Waals surface area contributed by atoms with E-state index in [2.05, 4.69) is 25.6 Å². The van der Waals surface area contributed by atoms with Crippen LogP contribution in [0.25, 0.3) is 0 Å². The van der Waals surface area contributed by atoms with Gasteiger partial charge in [-0.25, -0.2) is 9.97 Å². The molecule has 6 nitrogen and oxygen atoms in total. The van der Waals surface area contributed by atoms with Gasteiger partial charge in [-0.2, -0.15) is 0 Å². The molecule has 0 aliphatic carbocycles. The molecule has 100 valence electrons. The molecule has 2 aromatic rings. The van der Waals surface area contributed by atoms with Crippen LogP contribution in [0.4, 0.5) is 11.6 Å². The van der Waals surface area contributed by atoms with E-state index >= 15 is 0 Å². The molecule has 0 unspecified atom stereocenters. The van der Waals surface area contributed by atoms with Gasteiger partial charge in [-0.05, 0) is 24.1 Å². The monoisotopic (exact) mass is 258 g/mol. The molecule has 0 saturated carbocycles. The third-order valence-corrected chi connectivity index (χ3v) is 2.59. The average molecular weight is 258 g/mol. The first-order chi connectivity index (χ1) is 9.38.